The molecular weight excluding hydrogens is 165 g/mol. The first kappa shape index (κ1) is 8.20. The van der Waals surface area contributed by atoms with Gasteiger partial charge in [0.1, 0.15) is 0 Å². The molecule has 1 aliphatic heterocycles. The minimum absolute atomic E-state index is 0.166. The molecular formula is C5H7F3OS. The summed E-state index contributed by atoms with van der Waals surface area (Å²) in [5.41, 5.74) is -2.41. The van der Waals surface area contributed by atoms with Gasteiger partial charge in [0.05, 0.1) is 0 Å². The molecule has 1 fully saturated rings. The van der Waals surface area contributed by atoms with Crippen molar-refractivity contribution in [1.29, 1.82) is 0 Å². The maximum Gasteiger partial charge on any atom is 0.418 e. The first-order valence-corrected chi connectivity index (χ1v) is 3.98. The third kappa shape index (κ3) is 1.25. The molecule has 1 N–H and O–H groups in total. The molecule has 0 saturated carbocycles. The molecule has 0 radical (unpaired) electrons. The van der Waals surface area contributed by atoms with Gasteiger partial charge in [0.25, 0.3) is 0 Å². The average Bonchev–Trinajstić information content (AvgIpc) is 2.13. The second-order valence-corrected chi connectivity index (χ2v) is 3.44. The fourth-order valence-electron chi connectivity index (χ4n) is 0.778. The summed E-state index contributed by atoms with van der Waals surface area (Å²) in [7, 11) is 0. The molecule has 0 aromatic carbocycles. The molecule has 10 heavy (non-hydrogen) atoms. The molecule has 0 unspecified atom stereocenters. The molecule has 0 aromatic heterocycles. The average molecular weight is 172 g/mol. The van der Waals surface area contributed by atoms with Crippen molar-refractivity contribution >= 4 is 11.8 Å². The number of thioether (sulfide) groups is 1. The van der Waals surface area contributed by atoms with E-state index in [4.69, 9.17) is 5.11 Å². The van der Waals surface area contributed by atoms with Crippen LogP contribution in [0.5, 0.6) is 0 Å². The number of aliphatic hydroxyl groups is 1. The summed E-state index contributed by atoms with van der Waals surface area (Å²) in [4.78, 5) is 0. The number of rotatable bonds is 0. The molecule has 1 nitrogen and oxygen atoms in total. The number of halogens is 3. The Morgan fingerprint density at radius 1 is 1.40 bits per heavy atom. The molecule has 1 heterocycles. The van der Waals surface area contributed by atoms with Crippen LogP contribution in [0.1, 0.15) is 6.42 Å². The van der Waals surface area contributed by atoms with E-state index in [9.17, 15) is 13.2 Å². The van der Waals surface area contributed by atoms with Gasteiger partial charge in [-0.1, -0.05) is 0 Å². The van der Waals surface area contributed by atoms with Gasteiger partial charge in [-0.3, -0.25) is 0 Å². The fraction of sp³-hybridized carbons (Fsp3) is 1.00. The van der Waals surface area contributed by atoms with E-state index in [2.05, 4.69) is 0 Å². The third-order valence-corrected chi connectivity index (χ3v) is 2.70. The molecule has 0 spiro atoms. The third-order valence-electron chi connectivity index (χ3n) is 1.53. The molecule has 1 aliphatic rings. The van der Waals surface area contributed by atoms with Crippen molar-refractivity contribution in [2.75, 3.05) is 11.5 Å². The first-order chi connectivity index (χ1) is 4.46. The lowest BCUT2D eigenvalue weighted by Gasteiger charge is -2.23. The second kappa shape index (κ2) is 2.30. The van der Waals surface area contributed by atoms with Crippen molar-refractivity contribution in [2.45, 2.75) is 18.2 Å². The van der Waals surface area contributed by atoms with Crippen LogP contribution in [0.2, 0.25) is 0 Å². The number of alkyl halides is 3. The van der Waals surface area contributed by atoms with Gasteiger partial charge in [-0.05, 0) is 12.2 Å². The SMILES string of the molecule is O[C@]1(C(F)(F)F)CCSC1. The van der Waals surface area contributed by atoms with Gasteiger partial charge in [-0.25, -0.2) is 0 Å². The molecule has 1 saturated heterocycles. The standard InChI is InChI=1S/C5H7F3OS/c6-5(7,8)4(9)1-2-10-3-4/h9H,1-3H2/t4-/m1/s1. The summed E-state index contributed by atoms with van der Waals surface area (Å²) in [5, 5.41) is 8.88. The van der Waals surface area contributed by atoms with Gasteiger partial charge in [-0.2, -0.15) is 24.9 Å². The van der Waals surface area contributed by atoms with E-state index in [1.807, 2.05) is 0 Å². The monoisotopic (exact) mass is 172 g/mol. The summed E-state index contributed by atoms with van der Waals surface area (Å²) in [6, 6.07) is 0. The molecule has 0 amide bonds. The molecule has 60 valence electrons. The van der Waals surface area contributed by atoms with Crippen molar-refractivity contribution in [3.05, 3.63) is 0 Å². The van der Waals surface area contributed by atoms with Crippen LogP contribution < -0.4 is 0 Å². The lowest BCUT2D eigenvalue weighted by molar-refractivity contribution is -0.248. The summed E-state index contributed by atoms with van der Waals surface area (Å²) in [5.74, 6) is 0.187. The highest BCUT2D eigenvalue weighted by molar-refractivity contribution is 7.99. The van der Waals surface area contributed by atoms with E-state index in [-0.39, 0.29) is 12.2 Å². The van der Waals surface area contributed by atoms with E-state index in [0.717, 1.165) is 11.8 Å². The molecule has 0 aromatic rings. The fourth-order valence-corrected chi connectivity index (χ4v) is 2.05. The van der Waals surface area contributed by atoms with E-state index in [1.54, 1.807) is 0 Å². The van der Waals surface area contributed by atoms with E-state index < -0.39 is 11.8 Å². The molecule has 0 bridgehead atoms. The molecule has 1 atom stereocenters. The van der Waals surface area contributed by atoms with Crippen LogP contribution in [0.25, 0.3) is 0 Å². The van der Waals surface area contributed by atoms with Crippen LogP contribution in [0, 0.1) is 0 Å². The lowest BCUT2D eigenvalue weighted by Crippen LogP contribution is -2.44. The van der Waals surface area contributed by atoms with Gasteiger partial charge < -0.3 is 5.11 Å². The van der Waals surface area contributed by atoms with Gasteiger partial charge in [0.15, 0.2) is 5.60 Å². The van der Waals surface area contributed by atoms with Gasteiger partial charge in [0, 0.05) is 5.75 Å². The second-order valence-electron chi connectivity index (χ2n) is 2.33. The van der Waals surface area contributed by atoms with Crippen LogP contribution >= 0.6 is 11.8 Å². The Balaban J connectivity index is 2.67. The van der Waals surface area contributed by atoms with Crippen LogP contribution in [-0.2, 0) is 0 Å². The normalized spacial score (nSPS) is 34.8. The van der Waals surface area contributed by atoms with Crippen molar-refractivity contribution in [3.8, 4) is 0 Å². The zero-order valence-corrected chi connectivity index (χ0v) is 5.93. The predicted octanol–water partition coefficient (Wildman–Crippen LogP) is 1.42. The molecule has 0 aliphatic carbocycles. The Bertz CT molecular complexity index is 127. The van der Waals surface area contributed by atoms with E-state index >= 15 is 0 Å². The Morgan fingerprint density at radius 3 is 2.20 bits per heavy atom. The Labute approximate surface area is 60.6 Å². The summed E-state index contributed by atoms with van der Waals surface area (Å²) in [6.45, 7) is 0. The van der Waals surface area contributed by atoms with Crippen molar-refractivity contribution in [3.63, 3.8) is 0 Å². The number of hydrogen-bond acceptors (Lipinski definition) is 2. The van der Waals surface area contributed by atoms with Gasteiger partial charge in [0.2, 0.25) is 0 Å². The summed E-state index contributed by atoms with van der Waals surface area (Å²) >= 11 is 1.14. The van der Waals surface area contributed by atoms with Crippen LogP contribution in [-0.4, -0.2) is 28.4 Å². The quantitative estimate of drug-likeness (QED) is 0.596. The van der Waals surface area contributed by atoms with Crippen molar-refractivity contribution in [2.24, 2.45) is 0 Å². The van der Waals surface area contributed by atoms with Crippen LogP contribution in [0.15, 0.2) is 0 Å². The highest BCUT2D eigenvalue weighted by Crippen LogP contribution is 2.40. The van der Waals surface area contributed by atoms with Crippen molar-refractivity contribution in [1.82, 2.24) is 0 Å². The predicted molar refractivity (Wildman–Crippen MR) is 32.9 cm³/mol. The molecule has 5 heteroatoms. The maximum atomic E-state index is 11.9. The summed E-state index contributed by atoms with van der Waals surface area (Å²) in [6.07, 6.45) is -4.61. The zero-order valence-electron chi connectivity index (χ0n) is 5.11. The Hall–Kier alpha value is 0.100. The van der Waals surface area contributed by atoms with Crippen LogP contribution in [0.4, 0.5) is 13.2 Å². The minimum atomic E-state index is -4.45. The Kier molecular flexibility index (Phi) is 1.89. The van der Waals surface area contributed by atoms with Crippen LogP contribution in [0.3, 0.4) is 0 Å². The minimum Gasteiger partial charge on any atom is -0.380 e. The summed E-state index contributed by atoms with van der Waals surface area (Å²) < 4.78 is 35.6. The van der Waals surface area contributed by atoms with Crippen molar-refractivity contribution < 1.29 is 18.3 Å². The highest BCUT2D eigenvalue weighted by Gasteiger charge is 2.55. The zero-order chi connectivity index (χ0) is 7.83. The van der Waals surface area contributed by atoms with Gasteiger partial charge >= 0.3 is 6.18 Å². The van der Waals surface area contributed by atoms with E-state index in [0.29, 0.717) is 5.75 Å². The smallest absolute Gasteiger partial charge is 0.380 e. The van der Waals surface area contributed by atoms with E-state index in [1.165, 1.54) is 0 Å². The number of hydrogen-bond donors (Lipinski definition) is 1. The largest absolute Gasteiger partial charge is 0.418 e. The first-order valence-electron chi connectivity index (χ1n) is 2.83. The molecule has 1 rings (SSSR count). The van der Waals surface area contributed by atoms with Gasteiger partial charge in [-0.15, -0.1) is 0 Å². The topological polar surface area (TPSA) is 20.2 Å². The lowest BCUT2D eigenvalue weighted by atomic mass is 10.0. The maximum absolute atomic E-state index is 11.9. The highest BCUT2D eigenvalue weighted by atomic mass is 32.2. The Morgan fingerprint density at radius 2 is 2.00 bits per heavy atom.